The highest BCUT2D eigenvalue weighted by molar-refractivity contribution is 4.96. The molecule has 0 aromatic carbocycles. The van der Waals surface area contributed by atoms with Gasteiger partial charge in [-0.25, -0.2) is 0 Å². The number of hydrogen-bond acceptors (Lipinski definition) is 2. The molecule has 3 atom stereocenters. The van der Waals surface area contributed by atoms with Gasteiger partial charge < -0.3 is 10.5 Å². The normalized spacial score (nSPS) is 42.2. The summed E-state index contributed by atoms with van der Waals surface area (Å²) in [5.74, 6) is 2.70. The van der Waals surface area contributed by atoms with E-state index in [0.717, 1.165) is 30.9 Å². The number of nitrogens with two attached hydrogens (primary N) is 1. The van der Waals surface area contributed by atoms with Gasteiger partial charge in [0.1, 0.15) is 0 Å². The van der Waals surface area contributed by atoms with Gasteiger partial charge in [-0.3, -0.25) is 0 Å². The van der Waals surface area contributed by atoms with Crippen LogP contribution < -0.4 is 5.73 Å². The van der Waals surface area contributed by atoms with Gasteiger partial charge in [-0.1, -0.05) is 12.8 Å². The molecule has 0 aromatic heterocycles. The van der Waals surface area contributed by atoms with Gasteiger partial charge in [0, 0.05) is 6.61 Å². The molecule has 0 amide bonds. The highest BCUT2D eigenvalue weighted by atomic mass is 16.5. The molecule has 1 aliphatic heterocycles. The van der Waals surface area contributed by atoms with Crippen molar-refractivity contribution in [1.29, 1.82) is 0 Å². The lowest BCUT2D eigenvalue weighted by Crippen LogP contribution is -2.45. The van der Waals surface area contributed by atoms with E-state index in [9.17, 15) is 0 Å². The van der Waals surface area contributed by atoms with Crippen LogP contribution in [0.15, 0.2) is 0 Å². The average Bonchev–Trinajstić information content (AvgIpc) is 2.65. The maximum atomic E-state index is 6.11. The van der Waals surface area contributed by atoms with E-state index in [-0.39, 0.29) is 0 Å². The van der Waals surface area contributed by atoms with E-state index in [2.05, 4.69) is 0 Å². The molecule has 0 bridgehead atoms. The minimum absolute atomic E-state index is 0.303. The SMILES string of the molecule is NCC1CCC1C1CCOC2(CCCC2)C1. The lowest BCUT2D eigenvalue weighted by atomic mass is 9.63. The molecule has 3 rings (SSSR count). The Morgan fingerprint density at radius 2 is 1.94 bits per heavy atom. The van der Waals surface area contributed by atoms with Crippen LogP contribution >= 0.6 is 0 Å². The molecule has 92 valence electrons. The molecule has 3 fully saturated rings. The van der Waals surface area contributed by atoms with Crippen LogP contribution in [0.25, 0.3) is 0 Å². The smallest absolute Gasteiger partial charge is 0.0685 e. The highest BCUT2D eigenvalue weighted by Gasteiger charge is 2.45. The number of hydrogen-bond donors (Lipinski definition) is 1. The van der Waals surface area contributed by atoms with Gasteiger partial charge >= 0.3 is 0 Å². The van der Waals surface area contributed by atoms with Crippen LogP contribution in [0.1, 0.15) is 51.4 Å². The van der Waals surface area contributed by atoms with E-state index in [1.165, 1.54) is 51.4 Å². The third kappa shape index (κ3) is 1.80. The molecule has 3 aliphatic rings. The molecule has 3 unspecified atom stereocenters. The molecule has 0 aromatic rings. The van der Waals surface area contributed by atoms with Crippen LogP contribution in [0.3, 0.4) is 0 Å². The molecule has 2 aliphatic carbocycles. The predicted octanol–water partition coefficient (Wildman–Crippen LogP) is 2.71. The van der Waals surface area contributed by atoms with Gasteiger partial charge in [0.15, 0.2) is 0 Å². The van der Waals surface area contributed by atoms with Crippen LogP contribution in [-0.2, 0) is 4.74 Å². The summed E-state index contributed by atoms with van der Waals surface area (Å²) in [6.45, 7) is 1.92. The standard InChI is InChI=1S/C14H25NO/c15-10-12-3-4-13(12)11-5-8-16-14(9-11)6-1-2-7-14/h11-13H,1-10,15H2. The molecule has 2 N–H and O–H groups in total. The van der Waals surface area contributed by atoms with Crippen LogP contribution in [0.5, 0.6) is 0 Å². The van der Waals surface area contributed by atoms with Crippen LogP contribution in [0.2, 0.25) is 0 Å². The van der Waals surface area contributed by atoms with Crippen molar-refractivity contribution in [2.24, 2.45) is 23.5 Å². The molecule has 2 heteroatoms. The third-order valence-electron chi connectivity index (χ3n) is 5.43. The van der Waals surface area contributed by atoms with Gasteiger partial charge in [0.05, 0.1) is 5.60 Å². The van der Waals surface area contributed by atoms with Crippen molar-refractivity contribution in [2.75, 3.05) is 13.2 Å². The van der Waals surface area contributed by atoms with Gasteiger partial charge in [0.25, 0.3) is 0 Å². The van der Waals surface area contributed by atoms with Crippen LogP contribution in [0.4, 0.5) is 0 Å². The molecule has 0 radical (unpaired) electrons. The Labute approximate surface area is 98.9 Å². The second-order valence-corrected chi connectivity index (χ2v) is 6.23. The lowest BCUT2D eigenvalue weighted by Gasteiger charge is -2.47. The minimum atomic E-state index is 0.303. The summed E-state index contributed by atoms with van der Waals surface area (Å²) in [7, 11) is 0. The highest BCUT2D eigenvalue weighted by Crippen LogP contribution is 2.49. The Balaban J connectivity index is 1.63. The van der Waals surface area contributed by atoms with E-state index in [1.807, 2.05) is 0 Å². The zero-order valence-corrected chi connectivity index (χ0v) is 10.3. The Morgan fingerprint density at radius 3 is 2.56 bits per heavy atom. The van der Waals surface area contributed by atoms with Crippen molar-refractivity contribution in [3.05, 3.63) is 0 Å². The van der Waals surface area contributed by atoms with Crippen molar-refractivity contribution in [2.45, 2.75) is 57.0 Å². The monoisotopic (exact) mass is 223 g/mol. The predicted molar refractivity (Wildman–Crippen MR) is 65.1 cm³/mol. The summed E-state index contributed by atoms with van der Waals surface area (Å²) in [4.78, 5) is 0. The van der Waals surface area contributed by atoms with Crippen molar-refractivity contribution in [3.8, 4) is 0 Å². The van der Waals surface area contributed by atoms with Gasteiger partial charge in [-0.15, -0.1) is 0 Å². The van der Waals surface area contributed by atoms with E-state index in [1.54, 1.807) is 0 Å². The van der Waals surface area contributed by atoms with Crippen LogP contribution in [-0.4, -0.2) is 18.8 Å². The Morgan fingerprint density at radius 1 is 1.12 bits per heavy atom. The van der Waals surface area contributed by atoms with E-state index < -0.39 is 0 Å². The molecule has 1 saturated heterocycles. The molecule has 2 nitrogen and oxygen atoms in total. The Hall–Kier alpha value is -0.0800. The van der Waals surface area contributed by atoms with Crippen molar-refractivity contribution in [1.82, 2.24) is 0 Å². The van der Waals surface area contributed by atoms with Crippen molar-refractivity contribution >= 4 is 0 Å². The summed E-state index contributed by atoms with van der Waals surface area (Å²) in [5.41, 5.74) is 6.15. The first-order valence-corrected chi connectivity index (χ1v) is 7.17. The fourth-order valence-electron chi connectivity index (χ4n) is 4.31. The fraction of sp³-hybridized carbons (Fsp3) is 1.00. The van der Waals surface area contributed by atoms with Crippen LogP contribution in [0, 0.1) is 17.8 Å². The van der Waals surface area contributed by atoms with Crippen molar-refractivity contribution in [3.63, 3.8) is 0 Å². The summed E-state index contributed by atoms with van der Waals surface area (Å²) in [6.07, 6.45) is 10.9. The van der Waals surface area contributed by atoms with E-state index in [4.69, 9.17) is 10.5 Å². The summed E-state index contributed by atoms with van der Waals surface area (Å²) < 4.78 is 6.11. The summed E-state index contributed by atoms with van der Waals surface area (Å²) in [5, 5.41) is 0. The topological polar surface area (TPSA) is 35.2 Å². The average molecular weight is 223 g/mol. The lowest BCUT2D eigenvalue weighted by molar-refractivity contribution is -0.114. The Kier molecular flexibility index (Phi) is 2.97. The number of rotatable bonds is 2. The maximum absolute atomic E-state index is 6.11. The zero-order chi connectivity index (χ0) is 11.0. The molecule has 2 saturated carbocycles. The number of ether oxygens (including phenoxy) is 1. The van der Waals surface area contributed by atoms with Gasteiger partial charge in [0.2, 0.25) is 0 Å². The van der Waals surface area contributed by atoms with E-state index >= 15 is 0 Å². The molecule has 16 heavy (non-hydrogen) atoms. The molecular formula is C14H25NO. The molecule has 1 heterocycles. The summed E-state index contributed by atoms with van der Waals surface area (Å²) in [6, 6.07) is 0. The van der Waals surface area contributed by atoms with Crippen molar-refractivity contribution < 1.29 is 4.74 Å². The van der Waals surface area contributed by atoms with Gasteiger partial charge in [-0.05, 0) is 62.8 Å². The Bertz CT molecular complexity index is 245. The first kappa shape index (κ1) is 11.0. The minimum Gasteiger partial charge on any atom is -0.375 e. The maximum Gasteiger partial charge on any atom is 0.0685 e. The second-order valence-electron chi connectivity index (χ2n) is 6.23. The zero-order valence-electron chi connectivity index (χ0n) is 10.3. The fourth-order valence-corrected chi connectivity index (χ4v) is 4.31. The third-order valence-corrected chi connectivity index (χ3v) is 5.43. The quantitative estimate of drug-likeness (QED) is 0.781. The second kappa shape index (κ2) is 4.30. The molecule has 1 spiro atoms. The van der Waals surface area contributed by atoms with E-state index in [0.29, 0.717) is 5.60 Å². The first-order valence-electron chi connectivity index (χ1n) is 7.17. The van der Waals surface area contributed by atoms with Gasteiger partial charge in [-0.2, -0.15) is 0 Å². The summed E-state index contributed by atoms with van der Waals surface area (Å²) >= 11 is 0. The largest absolute Gasteiger partial charge is 0.375 e. The first-order chi connectivity index (χ1) is 7.83. The molecular weight excluding hydrogens is 198 g/mol.